The molecule has 2 N–H and O–H groups in total. The average Bonchev–Trinajstić information content (AvgIpc) is 3.42. The van der Waals surface area contributed by atoms with Gasteiger partial charge in [-0.2, -0.15) is 0 Å². The van der Waals surface area contributed by atoms with E-state index >= 15 is 0 Å². The highest BCUT2D eigenvalue weighted by molar-refractivity contribution is 5.90. The number of pyridine rings is 1. The highest BCUT2D eigenvalue weighted by Crippen LogP contribution is 2.77. The molecule has 1 aromatic rings. The van der Waals surface area contributed by atoms with Crippen molar-refractivity contribution in [3.63, 3.8) is 0 Å². The Balaban J connectivity index is 1.29. The monoisotopic (exact) mass is 685 g/mol. The lowest BCUT2D eigenvalue weighted by molar-refractivity contribution is -0.247. The molecule has 1 heterocycles. The molecule has 10 atom stereocenters. The number of carboxylic acid groups (broad SMARTS) is 2. The van der Waals surface area contributed by atoms with Gasteiger partial charge in [-0.15, -0.1) is 0 Å². The number of fused-ring (bicyclic) bond motifs is 7. The molecule has 272 valence electrons. The van der Waals surface area contributed by atoms with E-state index < -0.39 is 23.3 Å². The summed E-state index contributed by atoms with van der Waals surface area (Å²) in [6.45, 7) is 22.2. The first-order valence-electron chi connectivity index (χ1n) is 19.0. The summed E-state index contributed by atoms with van der Waals surface area (Å²) in [6, 6.07) is 1.74. The summed E-state index contributed by atoms with van der Waals surface area (Å²) in [6.07, 6.45) is 13.3. The standard InChI is InChI=1S/C43H59NO6/c1-26(2)28-13-20-43(19-12-27-16-23-44-25-29(27)36(46)47)22-21-41(8)30(35(28)43)10-11-32-40(7)17-15-33(50-34(45)24-38(3,4)37(48)49)39(5,6)31(40)14-18-42(32,41)9/h16,23,25,28,30-33,35H,1,10-11,13-15,17-18,20-22,24H2,2-9H3,(H,46,47)(H,48,49)/t28-,30?,31?,32?,33-,35?,40-,41+,42+,43?/m0/s1. The van der Waals surface area contributed by atoms with Gasteiger partial charge in [0.15, 0.2) is 0 Å². The van der Waals surface area contributed by atoms with Crippen molar-refractivity contribution >= 4 is 17.9 Å². The second-order valence-corrected chi connectivity index (χ2v) is 19.0. The van der Waals surface area contributed by atoms with Gasteiger partial charge in [0, 0.05) is 28.8 Å². The number of rotatable bonds is 6. The molecule has 0 spiro atoms. The third kappa shape index (κ3) is 5.45. The van der Waals surface area contributed by atoms with Crippen LogP contribution in [0.5, 0.6) is 0 Å². The summed E-state index contributed by atoms with van der Waals surface area (Å²) in [4.78, 5) is 40.8. The summed E-state index contributed by atoms with van der Waals surface area (Å²) in [7, 11) is 0. The fourth-order valence-electron chi connectivity index (χ4n) is 13.1. The van der Waals surface area contributed by atoms with Gasteiger partial charge in [0.05, 0.1) is 17.4 Å². The molecule has 50 heavy (non-hydrogen) atoms. The Morgan fingerprint density at radius 2 is 1.66 bits per heavy atom. The van der Waals surface area contributed by atoms with Crippen molar-refractivity contribution in [3.8, 4) is 11.8 Å². The largest absolute Gasteiger partial charge is 0.481 e. The number of carboxylic acids is 2. The first kappa shape index (κ1) is 36.6. The van der Waals surface area contributed by atoms with Gasteiger partial charge in [-0.1, -0.05) is 58.6 Å². The SMILES string of the molecule is C=C(C)[C@@H]1CCC2(C#Cc3ccncc3C(=O)O)CC[C@]3(C)C(CCC4[C@@]5(C)CC[C@H](OC(=O)CC(C)(C)C(=O)O)C(C)(C)C5CC[C@]43C)C12. The lowest BCUT2D eigenvalue weighted by Gasteiger charge is -2.72. The van der Waals surface area contributed by atoms with Crippen molar-refractivity contribution in [3.05, 3.63) is 41.7 Å². The maximum absolute atomic E-state index is 13.1. The molecule has 5 unspecified atom stereocenters. The third-order valence-electron chi connectivity index (χ3n) is 15.9. The second-order valence-electron chi connectivity index (χ2n) is 19.0. The molecule has 6 rings (SSSR count). The molecular formula is C43H59NO6. The van der Waals surface area contributed by atoms with Crippen molar-refractivity contribution in [1.82, 2.24) is 4.98 Å². The summed E-state index contributed by atoms with van der Waals surface area (Å²) >= 11 is 0. The van der Waals surface area contributed by atoms with Crippen LogP contribution in [0.25, 0.3) is 0 Å². The van der Waals surface area contributed by atoms with E-state index in [2.05, 4.69) is 64.9 Å². The Morgan fingerprint density at radius 3 is 2.32 bits per heavy atom. The van der Waals surface area contributed by atoms with Gasteiger partial charge < -0.3 is 14.9 Å². The number of ether oxygens (including phenoxy) is 1. The summed E-state index contributed by atoms with van der Waals surface area (Å²) in [5.41, 5.74) is 0.828. The van der Waals surface area contributed by atoms with E-state index in [1.165, 1.54) is 18.2 Å². The first-order valence-corrected chi connectivity index (χ1v) is 19.0. The van der Waals surface area contributed by atoms with Crippen molar-refractivity contribution in [1.29, 1.82) is 0 Å². The first-order chi connectivity index (χ1) is 23.2. The topological polar surface area (TPSA) is 114 Å². The minimum absolute atomic E-state index is 0.111. The van der Waals surface area contributed by atoms with E-state index in [9.17, 15) is 24.6 Å². The van der Waals surface area contributed by atoms with Crippen LogP contribution < -0.4 is 0 Å². The van der Waals surface area contributed by atoms with Gasteiger partial charge in [0.25, 0.3) is 0 Å². The number of carbonyl (C=O) groups excluding carboxylic acids is 1. The van der Waals surface area contributed by atoms with Crippen LogP contribution in [0.1, 0.15) is 142 Å². The Labute approximate surface area is 299 Å². The minimum atomic E-state index is -1.16. The number of allylic oxidation sites excluding steroid dienone is 1. The minimum Gasteiger partial charge on any atom is -0.481 e. The van der Waals surface area contributed by atoms with Gasteiger partial charge in [-0.25, -0.2) is 4.79 Å². The molecule has 0 radical (unpaired) electrons. The normalized spacial score (nSPS) is 40.1. The summed E-state index contributed by atoms with van der Waals surface area (Å²) in [5.74, 6) is 7.04. The molecule has 7 heteroatoms. The zero-order chi connectivity index (χ0) is 36.7. The Hall–Kier alpha value is -3.14. The maximum Gasteiger partial charge on any atom is 0.338 e. The van der Waals surface area contributed by atoms with Crippen LogP contribution in [-0.2, 0) is 14.3 Å². The zero-order valence-electron chi connectivity index (χ0n) is 31.7. The van der Waals surface area contributed by atoms with Gasteiger partial charge in [-0.05, 0) is 137 Å². The van der Waals surface area contributed by atoms with Crippen LogP contribution in [0.2, 0.25) is 0 Å². The number of aromatic nitrogens is 1. The molecule has 7 nitrogen and oxygen atoms in total. The van der Waals surface area contributed by atoms with E-state index in [1.54, 1.807) is 26.1 Å². The van der Waals surface area contributed by atoms with Gasteiger partial charge in [-0.3, -0.25) is 14.6 Å². The molecule has 0 aliphatic heterocycles. The van der Waals surface area contributed by atoms with E-state index in [1.807, 2.05) is 0 Å². The van der Waals surface area contributed by atoms with E-state index in [-0.39, 0.29) is 45.2 Å². The van der Waals surface area contributed by atoms with Crippen molar-refractivity contribution in [2.24, 2.45) is 62.1 Å². The molecule has 5 aliphatic carbocycles. The van der Waals surface area contributed by atoms with Crippen LogP contribution in [-0.4, -0.2) is 39.2 Å². The van der Waals surface area contributed by atoms with Crippen LogP contribution in [0.3, 0.4) is 0 Å². The maximum atomic E-state index is 13.1. The number of aliphatic carboxylic acids is 1. The lowest BCUT2D eigenvalue weighted by Crippen LogP contribution is -2.66. The molecule has 0 saturated heterocycles. The van der Waals surface area contributed by atoms with E-state index in [0.717, 1.165) is 57.8 Å². The molecule has 1 aromatic heterocycles. The van der Waals surface area contributed by atoms with Crippen LogP contribution in [0.4, 0.5) is 0 Å². The molecule has 5 aliphatic rings. The van der Waals surface area contributed by atoms with Crippen LogP contribution in [0.15, 0.2) is 30.6 Å². The smallest absolute Gasteiger partial charge is 0.338 e. The molecule has 5 saturated carbocycles. The van der Waals surface area contributed by atoms with Gasteiger partial charge in [0.2, 0.25) is 0 Å². The number of hydrogen-bond donors (Lipinski definition) is 2. The number of aromatic carboxylic acids is 1. The van der Waals surface area contributed by atoms with E-state index in [4.69, 9.17) is 4.74 Å². The van der Waals surface area contributed by atoms with Crippen molar-refractivity contribution in [2.75, 3.05) is 0 Å². The quantitative estimate of drug-likeness (QED) is 0.174. The Morgan fingerprint density at radius 1 is 0.940 bits per heavy atom. The van der Waals surface area contributed by atoms with Gasteiger partial charge in [0.1, 0.15) is 6.10 Å². The summed E-state index contributed by atoms with van der Waals surface area (Å²) < 4.78 is 6.16. The Bertz CT molecular complexity index is 1650. The van der Waals surface area contributed by atoms with E-state index in [0.29, 0.717) is 35.2 Å². The number of hydrogen-bond acceptors (Lipinski definition) is 5. The fraction of sp³-hybridized carbons (Fsp3) is 0.721. The predicted octanol–water partition coefficient (Wildman–Crippen LogP) is 9.20. The molecular weight excluding hydrogens is 626 g/mol. The molecule has 0 bridgehead atoms. The highest BCUT2D eigenvalue weighted by Gasteiger charge is 2.71. The number of carbonyl (C=O) groups is 3. The van der Waals surface area contributed by atoms with Crippen LogP contribution >= 0.6 is 0 Å². The van der Waals surface area contributed by atoms with Crippen LogP contribution in [0, 0.1) is 73.9 Å². The second kappa shape index (κ2) is 12.2. The molecule has 0 amide bonds. The van der Waals surface area contributed by atoms with Gasteiger partial charge >= 0.3 is 17.9 Å². The molecule has 5 fully saturated rings. The summed E-state index contributed by atoms with van der Waals surface area (Å²) in [5, 5.41) is 19.4. The van der Waals surface area contributed by atoms with Crippen molar-refractivity contribution in [2.45, 2.75) is 132 Å². The fourth-order valence-corrected chi connectivity index (χ4v) is 13.1. The zero-order valence-corrected chi connectivity index (χ0v) is 31.7. The number of nitrogens with zero attached hydrogens (tertiary/aromatic N) is 1. The average molecular weight is 686 g/mol. The predicted molar refractivity (Wildman–Crippen MR) is 193 cm³/mol. The molecule has 0 aromatic carbocycles. The highest BCUT2D eigenvalue weighted by atomic mass is 16.5. The van der Waals surface area contributed by atoms with Crippen molar-refractivity contribution < 1.29 is 29.3 Å². The Kier molecular flexibility index (Phi) is 8.96. The third-order valence-corrected chi connectivity index (χ3v) is 15.9. The number of esters is 1. The lowest BCUT2D eigenvalue weighted by atomic mass is 9.32.